The third kappa shape index (κ3) is 3.50. The molecule has 1 aliphatic rings. The van der Waals surface area contributed by atoms with Crippen molar-refractivity contribution in [2.75, 3.05) is 13.1 Å². The van der Waals surface area contributed by atoms with E-state index in [1.165, 1.54) is 12.1 Å². The van der Waals surface area contributed by atoms with Gasteiger partial charge in [-0.15, -0.1) is 0 Å². The molecule has 0 bridgehead atoms. The number of hydrogen-bond donors (Lipinski definition) is 1. The normalized spacial score (nSPS) is 18.0. The predicted octanol–water partition coefficient (Wildman–Crippen LogP) is 2.84. The Morgan fingerprint density at radius 2 is 2.13 bits per heavy atom. The van der Waals surface area contributed by atoms with E-state index in [0.29, 0.717) is 18.7 Å². The number of benzene rings is 1. The lowest BCUT2D eigenvalue weighted by Crippen LogP contribution is -2.39. The minimum atomic E-state index is -0.410. The monoisotopic (exact) mass is 314 g/mol. The van der Waals surface area contributed by atoms with Crippen LogP contribution in [0, 0.1) is 12.7 Å². The first-order chi connectivity index (χ1) is 11.0. The van der Waals surface area contributed by atoms with E-state index >= 15 is 0 Å². The topological polar surface area (TPSA) is 53.2 Å². The highest BCUT2D eigenvalue weighted by Gasteiger charge is 2.26. The van der Waals surface area contributed by atoms with Gasteiger partial charge in [0.2, 0.25) is 0 Å². The maximum atomic E-state index is 13.3. The molecule has 2 aromatic rings. The molecule has 5 heteroatoms. The fourth-order valence-electron chi connectivity index (χ4n) is 3.15. The zero-order chi connectivity index (χ0) is 16.4. The lowest BCUT2D eigenvalue weighted by molar-refractivity contribution is 0.0705. The second-order valence-electron chi connectivity index (χ2n) is 6.06. The van der Waals surface area contributed by atoms with Crippen molar-refractivity contribution < 1.29 is 9.18 Å². The number of likely N-dealkylation sites (tertiary alicyclic amines) is 1. The molecule has 1 atom stereocenters. The van der Waals surface area contributed by atoms with Crippen LogP contribution in [0.4, 0.5) is 4.39 Å². The minimum absolute atomic E-state index is 0.0233. The van der Waals surface area contributed by atoms with Crippen molar-refractivity contribution in [2.24, 2.45) is 0 Å². The number of aryl methyl sites for hydroxylation is 1. The first kappa shape index (κ1) is 15.5. The van der Waals surface area contributed by atoms with Crippen molar-refractivity contribution in [3.05, 3.63) is 69.4 Å². The van der Waals surface area contributed by atoms with Gasteiger partial charge in [-0.25, -0.2) is 4.39 Å². The Morgan fingerprint density at radius 3 is 2.87 bits per heavy atom. The summed E-state index contributed by atoms with van der Waals surface area (Å²) in [6, 6.07) is 8.93. The standard InChI is InChI=1S/C18H19FN2O2/c1-12-8-16(22)10-17(20-12)14-5-3-7-21(11-14)18(23)13-4-2-6-15(19)9-13/h2,4,6,8-10,14H,3,5,7,11H2,1H3,(H,20,22)/t14-/m1/s1. The molecule has 1 aromatic heterocycles. The number of amides is 1. The van der Waals surface area contributed by atoms with E-state index in [1.807, 2.05) is 6.92 Å². The summed E-state index contributed by atoms with van der Waals surface area (Å²) < 4.78 is 13.3. The largest absolute Gasteiger partial charge is 0.362 e. The molecule has 120 valence electrons. The van der Waals surface area contributed by atoms with Crippen LogP contribution in [0.2, 0.25) is 0 Å². The van der Waals surface area contributed by atoms with Crippen LogP contribution in [-0.2, 0) is 0 Å². The summed E-state index contributed by atoms with van der Waals surface area (Å²) in [6.45, 7) is 3.04. The Kier molecular flexibility index (Phi) is 4.28. The number of carbonyl (C=O) groups excluding carboxylic acids is 1. The van der Waals surface area contributed by atoms with Gasteiger partial charge in [-0.3, -0.25) is 9.59 Å². The van der Waals surface area contributed by atoms with E-state index in [0.717, 1.165) is 24.2 Å². The van der Waals surface area contributed by atoms with Gasteiger partial charge in [-0.2, -0.15) is 0 Å². The number of H-pyrrole nitrogens is 1. The molecule has 0 unspecified atom stereocenters. The third-order valence-corrected chi connectivity index (χ3v) is 4.22. The maximum absolute atomic E-state index is 13.3. The van der Waals surface area contributed by atoms with Crippen molar-refractivity contribution in [3.63, 3.8) is 0 Å². The van der Waals surface area contributed by atoms with Crippen LogP contribution in [0.3, 0.4) is 0 Å². The summed E-state index contributed by atoms with van der Waals surface area (Å²) >= 11 is 0. The molecular weight excluding hydrogens is 295 g/mol. The Hall–Kier alpha value is -2.43. The van der Waals surface area contributed by atoms with Crippen molar-refractivity contribution in [1.82, 2.24) is 9.88 Å². The molecule has 0 spiro atoms. The van der Waals surface area contributed by atoms with Crippen molar-refractivity contribution in [1.29, 1.82) is 0 Å². The van der Waals surface area contributed by atoms with Gasteiger partial charge in [0.05, 0.1) is 0 Å². The van der Waals surface area contributed by atoms with E-state index in [9.17, 15) is 14.0 Å². The average Bonchev–Trinajstić information content (AvgIpc) is 2.53. The van der Waals surface area contributed by atoms with Crippen LogP contribution < -0.4 is 5.43 Å². The lowest BCUT2D eigenvalue weighted by atomic mass is 9.93. The zero-order valence-electron chi connectivity index (χ0n) is 13.0. The second-order valence-corrected chi connectivity index (χ2v) is 6.06. The fraction of sp³-hybridized carbons (Fsp3) is 0.333. The van der Waals surface area contributed by atoms with Gasteiger partial charge in [0.25, 0.3) is 5.91 Å². The van der Waals surface area contributed by atoms with Crippen LogP contribution in [0.25, 0.3) is 0 Å². The van der Waals surface area contributed by atoms with Crippen molar-refractivity contribution >= 4 is 5.91 Å². The number of carbonyl (C=O) groups is 1. The molecule has 1 amide bonds. The highest BCUT2D eigenvalue weighted by Crippen LogP contribution is 2.26. The van der Waals surface area contributed by atoms with Crippen LogP contribution in [0.15, 0.2) is 41.2 Å². The number of rotatable bonds is 2. The minimum Gasteiger partial charge on any atom is -0.362 e. The van der Waals surface area contributed by atoms with Gasteiger partial charge >= 0.3 is 0 Å². The molecule has 4 nitrogen and oxygen atoms in total. The molecule has 1 aliphatic heterocycles. The Labute approximate surface area is 134 Å². The first-order valence-corrected chi connectivity index (χ1v) is 7.78. The second kappa shape index (κ2) is 6.36. The van der Waals surface area contributed by atoms with Crippen LogP contribution in [-0.4, -0.2) is 28.9 Å². The molecular formula is C18H19FN2O2. The van der Waals surface area contributed by atoms with E-state index < -0.39 is 5.82 Å². The average molecular weight is 314 g/mol. The number of nitrogens with zero attached hydrogens (tertiary/aromatic N) is 1. The number of aromatic nitrogens is 1. The van der Waals surface area contributed by atoms with E-state index in [4.69, 9.17) is 0 Å². The number of pyridine rings is 1. The van der Waals surface area contributed by atoms with Gasteiger partial charge in [0, 0.05) is 48.1 Å². The summed E-state index contributed by atoms with van der Waals surface area (Å²) in [4.78, 5) is 29.2. The highest BCUT2D eigenvalue weighted by molar-refractivity contribution is 5.94. The smallest absolute Gasteiger partial charge is 0.253 e. The molecule has 2 heterocycles. The van der Waals surface area contributed by atoms with Gasteiger partial charge < -0.3 is 9.88 Å². The van der Waals surface area contributed by atoms with Gasteiger partial charge in [-0.05, 0) is 38.0 Å². The molecule has 1 aromatic carbocycles. The molecule has 1 fully saturated rings. The van der Waals surface area contributed by atoms with E-state index in [1.54, 1.807) is 29.2 Å². The first-order valence-electron chi connectivity index (χ1n) is 7.78. The third-order valence-electron chi connectivity index (χ3n) is 4.22. The summed E-state index contributed by atoms with van der Waals surface area (Å²) in [5, 5.41) is 0. The summed E-state index contributed by atoms with van der Waals surface area (Å²) in [5.74, 6) is -0.467. The summed E-state index contributed by atoms with van der Waals surface area (Å²) in [6.07, 6.45) is 1.79. The molecule has 0 aliphatic carbocycles. The SMILES string of the molecule is Cc1cc(=O)cc([C@@H]2CCCN(C(=O)c3cccc(F)c3)C2)[nH]1. The molecule has 1 N–H and O–H groups in total. The quantitative estimate of drug-likeness (QED) is 0.926. The predicted molar refractivity (Wildman–Crippen MR) is 86.1 cm³/mol. The van der Waals surface area contributed by atoms with Gasteiger partial charge in [0.1, 0.15) is 5.82 Å². The van der Waals surface area contributed by atoms with E-state index in [-0.39, 0.29) is 17.3 Å². The summed E-state index contributed by atoms with van der Waals surface area (Å²) in [5.41, 5.74) is 2.03. The maximum Gasteiger partial charge on any atom is 0.253 e. The van der Waals surface area contributed by atoms with Crippen LogP contribution >= 0.6 is 0 Å². The zero-order valence-corrected chi connectivity index (χ0v) is 13.0. The molecule has 0 saturated carbocycles. The number of piperidine rings is 1. The highest BCUT2D eigenvalue weighted by atomic mass is 19.1. The van der Waals surface area contributed by atoms with E-state index in [2.05, 4.69) is 4.98 Å². The Balaban J connectivity index is 1.80. The van der Waals surface area contributed by atoms with Crippen LogP contribution in [0.5, 0.6) is 0 Å². The van der Waals surface area contributed by atoms with Gasteiger partial charge in [-0.1, -0.05) is 6.07 Å². The lowest BCUT2D eigenvalue weighted by Gasteiger charge is -2.33. The molecule has 0 radical (unpaired) electrons. The Morgan fingerprint density at radius 1 is 1.30 bits per heavy atom. The van der Waals surface area contributed by atoms with Crippen molar-refractivity contribution in [2.45, 2.75) is 25.7 Å². The Bertz CT molecular complexity index is 785. The molecule has 23 heavy (non-hydrogen) atoms. The number of hydrogen-bond acceptors (Lipinski definition) is 2. The number of aromatic amines is 1. The fourth-order valence-corrected chi connectivity index (χ4v) is 3.15. The number of nitrogens with one attached hydrogen (secondary N) is 1. The van der Waals surface area contributed by atoms with Crippen LogP contribution in [0.1, 0.15) is 40.5 Å². The summed E-state index contributed by atoms with van der Waals surface area (Å²) in [7, 11) is 0. The molecule has 3 rings (SSSR count). The van der Waals surface area contributed by atoms with Gasteiger partial charge in [0.15, 0.2) is 5.43 Å². The number of halogens is 1. The molecule has 1 saturated heterocycles. The van der Waals surface area contributed by atoms with Crippen molar-refractivity contribution in [3.8, 4) is 0 Å².